The number of hydrogen-bond donors (Lipinski definition) is 1. The first-order valence-electron chi connectivity index (χ1n) is 9.57. The summed E-state index contributed by atoms with van der Waals surface area (Å²) in [4.78, 5) is 14.5. The lowest BCUT2D eigenvalue weighted by Crippen LogP contribution is -2.43. The minimum Gasteiger partial charge on any atom is -0.483 e. The van der Waals surface area contributed by atoms with Gasteiger partial charge in [-0.1, -0.05) is 56.3 Å². The van der Waals surface area contributed by atoms with Crippen molar-refractivity contribution in [1.29, 1.82) is 0 Å². The third-order valence-corrected chi connectivity index (χ3v) is 4.73. The van der Waals surface area contributed by atoms with Crippen LogP contribution in [0.5, 0.6) is 5.75 Å². The molecule has 0 saturated carbocycles. The molecule has 2 aromatic carbocycles. The van der Waals surface area contributed by atoms with Gasteiger partial charge >= 0.3 is 0 Å². The fraction of sp³-hybridized carbons (Fsp3) is 0.435. The summed E-state index contributed by atoms with van der Waals surface area (Å²) >= 11 is 0. The van der Waals surface area contributed by atoms with Crippen LogP contribution >= 0.6 is 0 Å². The van der Waals surface area contributed by atoms with Gasteiger partial charge in [0.1, 0.15) is 5.75 Å². The fourth-order valence-corrected chi connectivity index (χ4v) is 2.99. The topological polar surface area (TPSA) is 41.6 Å². The summed E-state index contributed by atoms with van der Waals surface area (Å²) in [5.74, 6) is 1.06. The lowest BCUT2D eigenvalue weighted by atomic mass is 10.0. The summed E-state index contributed by atoms with van der Waals surface area (Å²) in [5, 5.41) is 3.01. The number of likely N-dealkylation sites (N-methyl/N-ethyl adjacent to an activating group) is 1. The minimum atomic E-state index is -0.0916. The fourth-order valence-electron chi connectivity index (χ4n) is 2.99. The Balaban J connectivity index is 1.88. The van der Waals surface area contributed by atoms with Gasteiger partial charge in [-0.2, -0.15) is 0 Å². The van der Waals surface area contributed by atoms with Gasteiger partial charge in [-0.3, -0.25) is 4.79 Å². The quantitative estimate of drug-likeness (QED) is 0.732. The van der Waals surface area contributed by atoms with Gasteiger partial charge in [0.25, 0.3) is 5.91 Å². The molecule has 27 heavy (non-hydrogen) atoms. The number of amides is 1. The van der Waals surface area contributed by atoms with Gasteiger partial charge < -0.3 is 15.0 Å². The van der Waals surface area contributed by atoms with E-state index in [1.54, 1.807) is 0 Å². The van der Waals surface area contributed by atoms with Crippen LogP contribution in [0.2, 0.25) is 0 Å². The highest BCUT2D eigenvalue weighted by Gasteiger charge is 2.15. The summed E-state index contributed by atoms with van der Waals surface area (Å²) in [7, 11) is 4.08. The van der Waals surface area contributed by atoms with Crippen LogP contribution in [-0.2, 0) is 11.2 Å². The zero-order chi connectivity index (χ0) is 19.8. The Morgan fingerprint density at radius 1 is 1.11 bits per heavy atom. The van der Waals surface area contributed by atoms with Gasteiger partial charge in [0.15, 0.2) is 6.61 Å². The molecule has 0 saturated heterocycles. The van der Waals surface area contributed by atoms with Crippen molar-refractivity contribution in [3.05, 3.63) is 65.2 Å². The van der Waals surface area contributed by atoms with E-state index in [9.17, 15) is 4.79 Å². The SMILES string of the molecule is Cc1ccc(C(C)C)c(OCC(=O)NCC(Cc2ccccc2)N(C)C)c1. The van der Waals surface area contributed by atoms with Gasteiger partial charge in [0, 0.05) is 12.6 Å². The van der Waals surface area contributed by atoms with Crippen LogP contribution in [0.15, 0.2) is 48.5 Å². The van der Waals surface area contributed by atoms with E-state index in [1.165, 1.54) is 5.56 Å². The number of aryl methyl sites for hydroxylation is 1. The van der Waals surface area contributed by atoms with Gasteiger partial charge in [0.2, 0.25) is 0 Å². The third-order valence-electron chi connectivity index (χ3n) is 4.73. The Morgan fingerprint density at radius 3 is 2.44 bits per heavy atom. The van der Waals surface area contributed by atoms with E-state index in [0.717, 1.165) is 23.3 Å². The first-order valence-corrected chi connectivity index (χ1v) is 9.57. The lowest BCUT2D eigenvalue weighted by Gasteiger charge is -2.25. The summed E-state index contributed by atoms with van der Waals surface area (Å²) in [5.41, 5.74) is 3.53. The van der Waals surface area contributed by atoms with Crippen molar-refractivity contribution >= 4 is 5.91 Å². The molecule has 0 fully saturated rings. The molecule has 1 atom stereocenters. The van der Waals surface area contributed by atoms with Crippen LogP contribution in [-0.4, -0.2) is 44.1 Å². The molecule has 1 amide bonds. The van der Waals surface area contributed by atoms with Crippen LogP contribution in [0.25, 0.3) is 0 Å². The van der Waals surface area contributed by atoms with Crippen LogP contribution in [0, 0.1) is 6.92 Å². The second-order valence-electron chi connectivity index (χ2n) is 7.60. The average Bonchev–Trinajstić information content (AvgIpc) is 2.63. The molecule has 0 aliphatic heterocycles. The Bertz CT molecular complexity index is 726. The summed E-state index contributed by atoms with van der Waals surface area (Å²) in [6.45, 7) is 6.91. The van der Waals surface area contributed by atoms with Crippen LogP contribution in [0.1, 0.15) is 36.5 Å². The second kappa shape index (κ2) is 10.1. The summed E-state index contributed by atoms with van der Waals surface area (Å²) < 4.78 is 5.83. The molecule has 2 aromatic rings. The monoisotopic (exact) mass is 368 g/mol. The Kier molecular flexibility index (Phi) is 7.86. The van der Waals surface area contributed by atoms with Gasteiger partial charge in [-0.05, 0) is 56.1 Å². The van der Waals surface area contributed by atoms with E-state index in [4.69, 9.17) is 4.74 Å². The van der Waals surface area contributed by atoms with Gasteiger partial charge in [-0.25, -0.2) is 0 Å². The van der Waals surface area contributed by atoms with Crippen molar-refractivity contribution in [1.82, 2.24) is 10.2 Å². The number of hydrogen-bond acceptors (Lipinski definition) is 3. The molecule has 0 aliphatic carbocycles. The first-order chi connectivity index (χ1) is 12.9. The number of carbonyl (C=O) groups excluding carboxylic acids is 1. The number of ether oxygens (including phenoxy) is 1. The third kappa shape index (κ3) is 6.72. The minimum absolute atomic E-state index is 0.0364. The molecule has 146 valence electrons. The van der Waals surface area contributed by atoms with Crippen molar-refractivity contribution in [3.8, 4) is 5.75 Å². The molecule has 1 N–H and O–H groups in total. The molecule has 0 heterocycles. The molecule has 0 aromatic heterocycles. The first kappa shape index (κ1) is 21.0. The Morgan fingerprint density at radius 2 is 1.81 bits per heavy atom. The molecule has 0 spiro atoms. The molecule has 2 rings (SSSR count). The maximum atomic E-state index is 12.3. The standard InChI is InChI=1S/C23H32N2O2/c1-17(2)21-12-11-18(3)13-22(21)27-16-23(26)24-15-20(25(4)5)14-19-9-7-6-8-10-19/h6-13,17,20H,14-16H2,1-5H3,(H,24,26). The predicted octanol–water partition coefficient (Wildman–Crippen LogP) is 3.79. The molecular weight excluding hydrogens is 336 g/mol. The zero-order valence-corrected chi connectivity index (χ0v) is 17.2. The molecule has 1 unspecified atom stereocenters. The average molecular weight is 369 g/mol. The second-order valence-corrected chi connectivity index (χ2v) is 7.60. The molecule has 4 nitrogen and oxygen atoms in total. The van der Waals surface area contributed by atoms with Crippen molar-refractivity contribution in [2.75, 3.05) is 27.2 Å². The van der Waals surface area contributed by atoms with Crippen LogP contribution < -0.4 is 10.1 Å². The molecule has 0 radical (unpaired) electrons. The van der Waals surface area contributed by atoms with Gasteiger partial charge in [0.05, 0.1) is 0 Å². The van der Waals surface area contributed by atoms with Crippen LogP contribution in [0.3, 0.4) is 0 Å². The highest BCUT2D eigenvalue weighted by molar-refractivity contribution is 5.77. The molecule has 0 bridgehead atoms. The molecule has 0 aliphatic rings. The largest absolute Gasteiger partial charge is 0.483 e. The highest BCUT2D eigenvalue weighted by Crippen LogP contribution is 2.27. The molecule has 4 heteroatoms. The maximum absolute atomic E-state index is 12.3. The molecular formula is C23H32N2O2. The van der Waals surface area contributed by atoms with Crippen molar-refractivity contribution in [3.63, 3.8) is 0 Å². The van der Waals surface area contributed by atoms with Crippen molar-refractivity contribution in [2.45, 2.75) is 39.2 Å². The van der Waals surface area contributed by atoms with E-state index in [1.807, 2.05) is 45.3 Å². The Hall–Kier alpha value is -2.33. The smallest absolute Gasteiger partial charge is 0.257 e. The van der Waals surface area contributed by atoms with E-state index >= 15 is 0 Å². The van der Waals surface area contributed by atoms with E-state index in [-0.39, 0.29) is 18.6 Å². The van der Waals surface area contributed by atoms with Crippen molar-refractivity contribution < 1.29 is 9.53 Å². The Labute approximate surface area is 163 Å². The number of rotatable bonds is 9. The van der Waals surface area contributed by atoms with Crippen LogP contribution in [0.4, 0.5) is 0 Å². The van der Waals surface area contributed by atoms with E-state index < -0.39 is 0 Å². The highest BCUT2D eigenvalue weighted by atomic mass is 16.5. The lowest BCUT2D eigenvalue weighted by molar-refractivity contribution is -0.123. The summed E-state index contributed by atoms with van der Waals surface area (Å²) in [6.07, 6.45) is 0.893. The zero-order valence-electron chi connectivity index (χ0n) is 17.2. The van der Waals surface area contributed by atoms with E-state index in [0.29, 0.717) is 12.5 Å². The number of nitrogens with zero attached hydrogens (tertiary/aromatic N) is 1. The number of benzene rings is 2. The number of carbonyl (C=O) groups is 1. The summed E-state index contributed by atoms with van der Waals surface area (Å²) in [6, 6.07) is 16.7. The van der Waals surface area contributed by atoms with E-state index in [2.05, 4.69) is 48.3 Å². The predicted molar refractivity (Wildman–Crippen MR) is 111 cm³/mol. The normalized spacial score (nSPS) is 12.3. The van der Waals surface area contributed by atoms with Gasteiger partial charge in [-0.15, -0.1) is 0 Å². The maximum Gasteiger partial charge on any atom is 0.257 e. The van der Waals surface area contributed by atoms with Crippen molar-refractivity contribution in [2.24, 2.45) is 0 Å². The number of nitrogens with one attached hydrogen (secondary N) is 1.